The van der Waals surface area contributed by atoms with Gasteiger partial charge in [0, 0.05) is 27.3 Å². The number of benzene rings is 4. The van der Waals surface area contributed by atoms with Gasteiger partial charge in [-0.25, -0.2) is 4.98 Å². The van der Waals surface area contributed by atoms with Crippen LogP contribution in [-0.2, 0) is 0 Å². The number of unbranched alkanes of at least 4 members (excludes halogenated alkanes) is 5. The summed E-state index contributed by atoms with van der Waals surface area (Å²) in [4.78, 5) is 18.4. The summed E-state index contributed by atoms with van der Waals surface area (Å²) in [5, 5.41) is 12.0. The quantitative estimate of drug-likeness (QED) is 0.163. The SMILES string of the molecule is CCCCCCCCOc1ccc(-c2nnc(-c3ccc4c(=O)n5c6ccccc6nc5c5cccc3c45)o2)cc1. The number of fused-ring (bicyclic) bond motifs is 4. The Morgan fingerprint density at radius 2 is 1.54 bits per heavy atom. The van der Waals surface area contributed by atoms with Crippen molar-refractivity contribution in [3.63, 3.8) is 0 Å². The van der Waals surface area contributed by atoms with E-state index in [0.717, 1.165) is 57.1 Å². The Hall–Kier alpha value is -4.78. The molecule has 204 valence electrons. The molecule has 0 fully saturated rings. The third kappa shape index (κ3) is 4.47. The highest BCUT2D eigenvalue weighted by molar-refractivity contribution is 6.18. The summed E-state index contributed by atoms with van der Waals surface area (Å²) in [5.74, 6) is 1.67. The number of nitrogens with zero attached hydrogens (tertiary/aromatic N) is 4. The summed E-state index contributed by atoms with van der Waals surface area (Å²) in [5.41, 5.74) is 3.76. The average molecular weight is 543 g/mol. The fourth-order valence-electron chi connectivity index (χ4n) is 5.71. The van der Waals surface area contributed by atoms with E-state index in [1.807, 2.05) is 78.9 Å². The Labute approximate surface area is 236 Å². The summed E-state index contributed by atoms with van der Waals surface area (Å²) in [6.07, 6.45) is 7.42. The molecule has 4 aromatic carbocycles. The van der Waals surface area contributed by atoms with E-state index in [1.165, 1.54) is 32.1 Å². The number of imidazole rings is 1. The van der Waals surface area contributed by atoms with E-state index in [1.54, 1.807) is 4.40 Å². The fourth-order valence-corrected chi connectivity index (χ4v) is 5.71. The lowest BCUT2D eigenvalue weighted by Gasteiger charge is -2.09. The number of ether oxygens (including phenoxy) is 1. The third-order valence-corrected chi connectivity index (χ3v) is 7.80. The highest BCUT2D eigenvalue weighted by Gasteiger charge is 2.20. The molecular weight excluding hydrogens is 512 g/mol. The first-order chi connectivity index (χ1) is 20.2. The second-order valence-electron chi connectivity index (χ2n) is 10.5. The fraction of sp³-hybridized carbons (Fsp3) is 0.235. The van der Waals surface area contributed by atoms with Gasteiger partial charge in [-0.05, 0) is 60.3 Å². The van der Waals surface area contributed by atoms with Crippen LogP contribution < -0.4 is 10.3 Å². The van der Waals surface area contributed by atoms with Crippen molar-refractivity contribution in [2.24, 2.45) is 0 Å². The van der Waals surface area contributed by atoms with Gasteiger partial charge in [0.15, 0.2) is 0 Å². The molecule has 0 amide bonds. The molecule has 0 unspecified atom stereocenters. The Balaban J connectivity index is 1.18. The average Bonchev–Trinajstić information content (AvgIpc) is 3.65. The van der Waals surface area contributed by atoms with E-state index in [4.69, 9.17) is 14.1 Å². The van der Waals surface area contributed by atoms with E-state index >= 15 is 0 Å². The van der Waals surface area contributed by atoms with Crippen molar-refractivity contribution in [2.45, 2.75) is 45.4 Å². The van der Waals surface area contributed by atoms with Crippen LogP contribution in [0.3, 0.4) is 0 Å². The Bertz CT molecular complexity index is 2040. The number of rotatable bonds is 10. The van der Waals surface area contributed by atoms with Crippen LogP contribution in [0.4, 0.5) is 0 Å². The van der Waals surface area contributed by atoms with E-state index in [2.05, 4.69) is 17.1 Å². The number of aromatic nitrogens is 4. The molecule has 3 heterocycles. The molecule has 7 nitrogen and oxygen atoms in total. The summed E-state index contributed by atoms with van der Waals surface area (Å²) >= 11 is 0. The van der Waals surface area contributed by atoms with Crippen molar-refractivity contribution in [3.05, 3.63) is 89.2 Å². The molecule has 0 aliphatic carbocycles. The van der Waals surface area contributed by atoms with Crippen LogP contribution >= 0.6 is 0 Å². The largest absolute Gasteiger partial charge is 0.494 e. The van der Waals surface area contributed by atoms with Gasteiger partial charge >= 0.3 is 0 Å². The second-order valence-corrected chi connectivity index (χ2v) is 10.5. The number of hydrogen-bond donors (Lipinski definition) is 0. The van der Waals surface area contributed by atoms with Gasteiger partial charge in [0.2, 0.25) is 11.8 Å². The van der Waals surface area contributed by atoms with Gasteiger partial charge in [0.25, 0.3) is 5.56 Å². The standard InChI is InChI=1S/C34H30N4O3/c1-2-3-4-5-6-9-21-40-23-17-15-22(16-18-23)32-36-37-33(41-32)25-19-20-27-30-24(25)11-10-12-26(30)31-35-28-13-7-8-14-29(28)38(31)34(27)39/h7-8,10-20H,2-6,9,21H2,1H3. The molecule has 0 spiro atoms. The summed E-state index contributed by atoms with van der Waals surface area (Å²) in [7, 11) is 0. The van der Waals surface area contributed by atoms with Gasteiger partial charge in [-0.3, -0.25) is 9.20 Å². The molecule has 7 heteroatoms. The van der Waals surface area contributed by atoms with Crippen LogP contribution in [0.15, 0.2) is 88.1 Å². The molecule has 7 aromatic rings. The first kappa shape index (κ1) is 25.2. The van der Waals surface area contributed by atoms with Crippen LogP contribution in [0.2, 0.25) is 0 Å². The van der Waals surface area contributed by atoms with Crippen LogP contribution in [0.5, 0.6) is 5.75 Å². The Morgan fingerprint density at radius 1 is 0.756 bits per heavy atom. The minimum atomic E-state index is -0.0889. The maximum Gasteiger partial charge on any atom is 0.264 e. The summed E-state index contributed by atoms with van der Waals surface area (Å²) in [6, 6.07) is 25.2. The predicted octanol–water partition coefficient (Wildman–Crippen LogP) is 8.05. The minimum absolute atomic E-state index is 0.0889. The molecule has 0 N–H and O–H groups in total. The molecule has 0 aliphatic heterocycles. The first-order valence-electron chi connectivity index (χ1n) is 14.4. The Kier molecular flexibility index (Phi) is 6.55. The molecule has 7 rings (SSSR count). The number of para-hydroxylation sites is 2. The van der Waals surface area contributed by atoms with E-state index in [0.29, 0.717) is 22.8 Å². The zero-order valence-electron chi connectivity index (χ0n) is 23.0. The van der Waals surface area contributed by atoms with Crippen LogP contribution in [-0.4, -0.2) is 26.2 Å². The topological polar surface area (TPSA) is 82.5 Å². The van der Waals surface area contributed by atoms with Crippen molar-refractivity contribution in [3.8, 4) is 28.7 Å². The lowest BCUT2D eigenvalue weighted by Crippen LogP contribution is -2.13. The number of pyridine rings is 1. The Morgan fingerprint density at radius 3 is 2.41 bits per heavy atom. The molecule has 3 aromatic heterocycles. The maximum absolute atomic E-state index is 13.6. The van der Waals surface area contributed by atoms with Gasteiger partial charge < -0.3 is 9.15 Å². The molecule has 0 saturated heterocycles. The van der Waals surface area contributed by atoms with Crippen LogP contribution in [0, 0.1) is 0 Å². The van der Waals surface area contributed by atoms with Crippen molar-refractivity contribution >= 4 is 38.2 Å². The first-order valence-corrected chi connectivity index (χ1v) is 14.4. The molecule has 0 atom stereocenters. The van der Waals surface area contributed by atoms with E-state index < -0.39 is 0 Å². The highest BCUT2D eigenvalue weighted by atomic mass is 16.5. The van der Waals surface area contributed by atoms with Crippen molar-refractivity contribution in [2.75, 3.05) is 6.61 Å². The van der Waals surface area contributed by atoms with Crippen LogP contribution in [0.25, 0.3) is 61.1 Å². The maximum atomic E-state index is 13.6. The van der Waals surface area contributed by atoms with Gasteiger partial charge in [-0.15, -0.1) is 10.2 Å². The minimum Gasteiger partial charge on any atom is -0.494 e. The normalized spacial score (nSPS) is 11.8. The van der Waals surface area contributed by atoms with Crippen molar-refractivity contribution in [1.29, 1.82) is 0 Å². The molecule has 0 aliphatic rings. The molecule has 0 bridgehead atoms. The van der Waals surface area contributed by atoms with Gasteiger partial charge in [0.05, 0.1) is 17.6 Å². The highest BCUT2D eigenvalue weighted by Crippen LogP contribution is 2.36. The third-order valence-electron chi connectivity index (χ3n) is 7.80. The summed E-state index contributed by atoms with van der Waals surface area (Å²) in [6.45, 7) is 2.96. The molecule has 41 heavy (non-hydrogen) atoms. The summed E-state index contributed by atoms with van der Waals surface area (Å²) < 4.78 is 13.8. The van der Waals surface area contributed by atoms with Crippen LogP contribution in [0.1, 0.15) is 45.4 Å². The van der Waals surface area contributed by atoms with E-state index in [-0.39, 0.29) is 5.56 Å². The zero-order chi connectivity index (χ0) is 27.8. The lowest BCUT2D eigenvalue weighted by atomic mass is 9.98. The van der Waals surface area contributed by atoms with Gasteiger partial charge in [-0.2, -0.15) is 0 Å². The van der Waals surface area contributed by atoms with Gasteiger partial charge in [-0.1, -0.05) is 69.4 Å². The van der Waals surface area contributed by atoms with E-state index in [9.17, 15) is 4.79 Å². The second kappa shape index (κ2) is 10.7. The zero-order valence-corrected chi connectivity index (χ0v) is 23.0. The van der Waals surface area contributed by atoms with Crippen molar-refractivity contribution in [1.82, 2.24) is 19.6 Å². The smallest absolute Gasteiger partial charge is 0.264 e. The number of hydrogen-bond acceptors (Lipinski definition) is 6. The lowest BCUT2D eigenvalue weighted by molar-refractivity contribution is 0.304. The predicted molar refractivity (Wildman–Crippen MR) is 163 cm³/mol. The molecular formula is C34H30N4O3. The monoisotopic (exact) mass is 542 g/mol. The van der Waals surface area contributed by atoms with Gasteiger partial charge in [0.1, 0.15) is 11.4 Å². The van der Waals surface area contributed by atoms with Crippen molar-refractivity contribution < 1.29 is 9.15 Å². The molecule has 0 radical (unpaired) electrons. The molecule has 0 saturated carbocycles.